The van der Waals surface area contributed by atoms with E-state index < -0.39 is 5.97 Å². The van der Waals surface area contributed by atoms with E-state index in [1.54, 1.807) is 24.3 Å². The van der Waals surface area contributed by atoms with Gasteiger partial charge in [0.1, 0.15) is 0 Å². The molecule has 2 rings (SSSR count). The van der Waals surface area contributed by atoms with Crippen LogP contribution < -0.4 is 10.7 Å². The van der Waals surface area contributed by atoms with Crippen molar-refractivity contribution in [3.63, 3.8) is 0 Å². The maximum absolute atomic E-state index is 11.7. The average Bonchev–Trinajstić information content (AvgIpc) is 2.60. The monoisotopic (exact) mass is 325 g/mol. The van der Waals surface area contributed by atoms with Crippen molar-refractivity contribution in [2.24, 2.45) is 5.10 Å². The number of anilines is 1. The number of hydrogen-bond donors (Lipinski definition) is 2. The van der Waals surface area contributed by atoms with Crippen LogP contribution in [0.3, 0.4) is 0 Å². The van der Waals surface area contributed by atoms with E-state index in [1.807, 2.05) is 31.2 Å². The Morgan fingerprint density at radius 2 is 1.92 bits per heavy atom. The zero-order valence-corrected chi connectivity index (χ0v) is 13.6. The molecule has 0 saturated heterocycles. The highest BCUT2D eigenvalue weighted by molar-refractivity contribution is 5.91. The molecule has 0 fully saturated rings. The van der Waals surface area contributed by atoms with Crippen molar-refractivity contribution in [1.82, 2.24) is 5.43 Å². The van der Waals surface area contributed by atoms with Crippen LogP contribution in [0.25, 0.3) is 0 Å². The van der Waals surface area contributed by atoms with Gasteiger partial charge in [-0.2, -0.15) is 5.10 Å². The lowest BCUT2D eigenvalue weighted by molar-refractivity contribution is -0.119. The quantitative estimate of drug-likeness (QED) is 0.485. The van der Waals surface area contributed by atoms with Gasteiger partial charge in [0, 0.05) is 5.69 Å². The second-order valence-corrected chi connectivity index (χ2v) is 5.13. The zero-order valence-electron chi connectivity index (χ0n) is 13.6. The van der Waals surface area contributed by atoms with Crippen molar-refractivity contribution in [3.05, 3.63) is 65.2 Å². The van der Waals surface area contributed by atoms with E-state index in [0.717, 1.165) is 16.8 Å². The first-order valence-electron chi connectivity index (χ1n) is 7.39. The van der Waals surface area contributed by atoms with E-state index in [2.05, 4.69) is 20.6 Å². The molecular weight excluding hydrogens is 306 g/mol. The van der Waals surface area contributed by atoms with Gasteiger partial charge in [-0.25, -0.2) is 10.2 Å². The molecule has 0 unspecified atom stereocenters. The molecule has 6 heteroatoms. The predicted molar refractivity (Wildman–Crippen MR) is 93.2 cm³/mol. The standard InChI is InChI=1S/C18H19N3O3/c1-13-4-3-5-16(10-13)19-12-17(22)21-20-11-14-6-8-15(9-7-14)18(23)24-2/h3-11,19H,12H2,1-2H3,(H,21,22). The molecule has 6 nitrogen and oxygen atoms in total. The van der Waals surface area contributed by atoms with E-state index in [-0.39, 0.29) is 12.5 Å². The third-order valence-corrected chi connectivity index (χ3v) is 3.21. The molecule has 1 amide bonds. The summed E-state index contributed by atoms with van der Waals surface area (Å²) in [6, 6.07) is 14.5. The van der Waals surface area contributed by atoms with Gasteiger partial charge in [-0.05, 0) is 42.3 Å². The predicted octanol–water partition coefficient (Wildman–Crippen LogP) is 2.34. The van der Waals surface area contributed by atoms with Crippen molar-refractivity contribution in [2.45, 2.75) is 6.92 Å². The van der Waals surface area contributed by atoms with Crippen LogP contribution in [0, 0.1) is 6.92 Å². The first-order valence-corrected chi connectivity index (χ1v) is 7.39. The normalized spacial score (nSPS) is 10.4. The number of nitrogens with zero attached hydrogens (tertiary/aromatic N) is 1. The first kappa shape index (κ1) is 17.2. The lowest BCUT2D eigenvalue weighted by atomic mass is 10.1. The summed E-state index contributed by atoms with van der Waals surface area (Å²) in [4.78, 5) is 23.0. The molecule has 2 N–H and O–H groups in total. The minimum absolute atomic E-state index is 0.127. The Labute approximate surface area is 140 Å². The maximum atomic E-state index is 11.7. The van der Waals surface area contributed by atoms with Crippen LogP contribution in [0.4, 0.5) is 5.69 Å². The highest BCUT2D eigenvalue weighted by Crippen LogP contribution is 2.08. The summed E-state index contributed by atoms with van der Waals surface area (Å²) in [5.41, 5.74) is 5.66. The fourth-order valence-electron chi connectivity index (χ4n) is 1.98. The number of esters is 1. The largest absolute Gasteiger partial charge is 0.465 e. The molecule has 124 valence electrons. The Balaban J connectivity index is 1.80. The fourth-order valence-corrected chi connectivity index (χ4v) is 1.98. The third-order valence-electron chi connectivity index (χ3n) is 3.21. The van der Waals surface area contributed by atoms with E-state index in [1.165, 1.54) is 13.3 Å². The molecular formula is C18H19N3O3. The van der Waals surface area contributed by atoms with Crippen LogP contribution in [0.5, 0.6) is 0 Å². The minimum Gasteiger partial charge on any atom is -0.465 e. The zero-order chi connectivity index (χ0) is 17.4. The highest BCUT2D eigenvalue weighted by Gasteiger charge is 2.03. The molecule has 24 heavy (non-hydrogen) atoms. The van der Waals surface area contributed by atoms with E-state index in [0.29, 0.717) is 5.56 Å². The second kappa shape index (κ2) is 8.47. The Morgan fingerprint density at radius 1 is 1.17 bits per heavy atom. The van der Waals surface area contributed by atoms with Crippen molar-refractivity contribution >= 4 is 23.8 Å². The summed E-state index contributed by atoms with van der Waals surface area (Å²) in [5, 5.41) is 6.91. The van der Waals surface area contributed by atoms with Gasteiger partial charge in [0.2, 0.25) is 0 Å². The van der Waals surface area contributed by atoms with Gasteiger partial charge in [0.05, 0.1) is 25.4 Å². The average molecular weight is 325 g/mol. The molecule has 2 aromatic carbocycles. The van der Waals surface area contributed by atoms with Gasteiger partial charge >= 0.3 is 5.97 Å². The molecule has 0 saturated carbocycles. The molecule has 2 aromatic rings. The third kappa shape index (κ3) is 5.24. The van der Waals surface area contributed by atoms with Crippen LogP contribution in [0.2, 0.25) is 0 Å². The Kier molecular flexibility index (Phi) is 6.08. The summed E-state index contributed by atoms with van der Waals surface area (Å²) in [7, 11) is 1.33. The molecule has 0 aliphatic carbocycles. The van der Waals surface area contributed by atoms with E-state index >= 15 is 0 Å². The number of nitrogens with one attached hydrogen (secondary N) is 2. The van der Waals surface area contributed by atoms with Crippen LogP contribution in [-0.2, 0) is 9.53 Å². The van der Waals surface area contributed by atoms with Crippen molar-refractivity contribution in [2.75, 3.05) is 19.0 Å². The summed E-state index contributed by atoms with van der Waals surface area (Å²) >= 11 is 0. The van der Waals surface area contributed by atoms with Gasteiger partial charge in [0.25, 0.3) is 5.91 Å². The summed E-state index contributed by atoms with van der Waals surface area (Å²) < 4.78 is 4.62. The first-order chi connectivity index (χ1) is 11.6. The minimum atomic E-state index is -0.394. The van der Waals surface area contributed by atoms with Crippen LogP contribution in [0.15, 0.2) is 53.6 Å². The Hall–Kier alpha value is -3.15. The number of aryl methyl sites for hydroxylation is 1. The summed E-state index contributed by atoms with van der Waals surface area (Å²) in [6.45, 7) is 2.11. The molecule has 0 heterocycles. The number of carbonyl (C=O) groups is 2. The smallest absolute Gasteiger partial charge is 0.337 e. The van der Waals surface area contributed by atoms with Gasteiger partial charge in [-0.3, -0.25) is 4.79 Å². The SMILES string of the molecule is COC(=O)c1ccc(C=NNC(=O)CNc2cccc(C)c2)cc1. The lowest BCUT2D eigenvalue weighted by Gasteiger charge is -2.05. The number of rotatable bonds is 6. The van der Waals surface area contributed by atoms with E-state index in [4.69, 9.17) is 0 Å². The van der Waals surface area contributed by atoms with Crippen LogP contribution in [-0.4, -0.2) is 31.7 Å². The highest BCUT2D eigenvalue weighted by atomic mass is 16.5. The van der Waals surface area contributed by atoms with Gasteiger partial charge in [-0.15, -0.1) is 0 Å². The van der Waals surface area contributed by atoms with Gasteiger partial charge in [0.15, 0.2) is 0 Å². The van der Waals surface area contributed by atoms with Gasteiger partial charge in [-0.1, -0.05) is 24.3 Å². The molecule has 0 aromatic heterocycles. The van der Waals surface area contributed by atoms with E-state index in [9.17, 15) is 9.59 Å². The number of hydrazone groups is 1. The maximum Gasteiger partial charge on any atom is 0.337 e. The van der Waals surface area contributed by atoms with Crippen LogP contribution in [0.1, 0.15) is 21.5 Å². The Morgan fingerprint density at radius 3 is 2.58 bits per heavy atom. The number of carbonyl (C=O) groups excluding carboxylic acids is 2. The number of ether oxygens (including phenoxy) is 1. The molecule has 0 aliphatic heterocycles. The number of benzene rings is 2. The number of amides is 1. The molecule has 0 aliphatic rings. The molecule has 0 spiro atoms. The summed E-state index contributed by atoms with van der Waals surface area (Å²) in [5.74, 6) is -0.645. The summed E-state index contributed by atoms with van der Waals surface area (Å²) in [6.07, 6.45) is 1.51. The lowest BCUT2D eigenvalue weighted by Crippen LogP contribution is -2.25. The van der Waals surface area contributed by atoms with Gasteiger partial charge < -0.3 is 10.1 Å². The second-order valence-electron chi connectivity index (χ2n) is 5.13. The number of methoxy groups -OCH3 is 1. The van der Waals surface area contributed by atoms with Crippen molar-refractivity contribution in [1.29, 1.82) is 0 Å². The van der Waals surface area contributed by atoms with Crippen molar-refractivity contribution in [3.8, 4) is 0 Å². The topological polar surface area (TPSA) is 79.8 Å². The van der Waals surface area contributed by atoms with Crippen LogP contribution >= 0.6 is 0 Å². The number of hydrogen-bond acceptors (Lipinski definition) is 5. The fraction of sp³-hybridized carbons (Fsp3) is 0.167. The molecule has 0 bridgehead atoms. The van der Waals surface area contributed by atoms with Crippen molar-refractivity contribution < 1.29 is 14.3 Å². The molecule has 0 radical (unpaired) electrons. The Bertz CT molecular complexity index is 739. The molecule has 0 atom stereocenters.